The molecule has 1 amide bonds. The molecule has 0 saturated heterocycles. The summed E-state index contributed by atoms with van der Waals surface area (Å²) >= 11 is 0. The first kappa shape index (κ1) is 20.1. The minimum Gasteiger partial charge on any atom is -0.481 e. The molecule has 0 bridgehead atoms. The van der Waals surface area contributed by atoms with E-state index in [4.69, 9.17) is 0 Å². The van der Waals surface area contributed by atoms with Crippen molar-refractivity contribution < 1.29 is 19.1 Å². The zero-order valence-electron chi connectivity index (χ0n) is 15.7. The van der Waals surface area contributed by atoms with Crippen molar-refractivity contribution in [1.29, 1.82) is 0 Å². The number of hydrogen-bond acceptors (Lipinski definition) is 5. The summed E-state index contributed by atoms with van der Waals surface area (Å²) in [5, 5.41) is 23.5. The van der Waals surface area contributed by atoms with Gasteiger partial charge in [-0.25, -0.2) is 9.07 Å². The Morgan fingerprint density at radius 3 is 2.41 bits per heavy atom. The molecule has 1 aromatic heterocycles. The van der Waals surface area contributed by atoms with E-state index in [9.17, 15) is 19.1 Å². The Balaban J connectivity index is 1.78. The van der Waals surface area contributed by atoms with Crippen molar-refractivity contribution >= 4 is 11.9 Å². The van der Waals surface area contributed by atoms with Gasteiger partial charge in [-0.2, -0.15) is 0 Å². The van der Waals surface area contributed by atoms with E-state index in [1.165, 1.54) is 16.8 Å². The van der Waals surface area contributed by atoms with E-state index in [0.717, 1.165) is 5.56 Å². The van der Waals surface area contributed by atoms with Crippen LogP contribution < -0.4 is 5.32 Å². The minimum absolute atomic E-state index is 0.0841. The molecular weight excluding hydrogens is 377 g/mol. The van der Waals surface area contributed by atoms with E-state index in [0.29, 0.717) is 11.4 Å². The Morgan fingerprint density at radius 1 is 1.14 bits per heavy atom. The molecule has 3 aromatic rings. The van der Waals surface area contributed by atoms with Crippen molar-refractivity contribution in [3.05, 3.63) is 77.4 Å². The van der Waals surface area contributed by atoms with E-state index in [1.807, 2.05) is 0 Å². The van der Waals surface area contributed by atoms with Gasteiger partial charge in [-0.1, -0.05) is 42.5 Å². The fourth-order valence-electron chi connectivity index (χ4n) is 3.01. The van der Waals surface area contributed by atoms with E-state index < -0.39 is 23.8 Å². The molecule has 0 aliphatic carbocycles. The average Bonchev–Trinajstić information content (AvgIpc) is 3.13. The number of tetrazole rings is 1. The number of aromatic nitrogens is 4. The molecule has 2 unspecified atom stereocenters. The van der Waals surface area contributed by atoms with E-state index >= 15 is 0 Å². The van der Waals surface area contributed by atoms with Crippen LogP contribution in [0.2, 0.25) is 0 Å². The minimum atomic E-state index is -1.04. The maximum Gasteiger partial charge on any atom is 0.312 e. The van der Waals surface area contributed by atoms with Crippen molar-refractivity contribution in [3.63, 3.8) is 0 Å². The number of aryl methyl sites for hydroxylation is 1. The van der Waals surface area contributed by atoms with Crippen molar-refractivity contribution in [2.75, 3.05) is 6.54 Å². The number of hydrogen-bond donors (Lipinski definition) is 2. The molecule has 2 aromatic carbocycles. The number of carbonyl (C=O) groups excluding carboxylic acids is 1. The number of rotatable bonds is 8. The average molecular weight is 397 g/mol. The molecule has 0 aliphatic rings. The zero-order valence-corrected chi connectivity index (χ0v) is 15.7. The molecule has 0 fully saturated rings. The van der Waals surface area contributed by atoms with Crippen molar-refractivity contribution in [2.45, 2.75) is 25.3 Å². The third-order valence-electron chi connectivity index (χ3n) is 4.58. The first-order chi connectivity index (χ1) is 14.0. The summed E-state index contributed by atoms with van der Waals surface area (Å²) in [6.45, 7) is 1.58. The molecule has 150 valence electrons. The Hall–Kier alpha value is -3.62. The lowest BCUT2D eigenvalue weighted by Gasteiger charge is -2.20. The number of halogens is 1. The summed E-state index contributed by atoms with van der Waals surface area (Å²) in [6.07, 6.45) is 0.223. The predicted octanol–water partition coefficient (Wildman–Crippen LogP) is 1.89. The Labute approximate surface area is 166 Å². The van der Waals surface area contributed by atoms with E-state index in [-0.39, 0.29) is 18.8 Å². The third-order valence-corrected chi connectivity index (χ3v) is 4.58. The molecule has 9 heteroatoms. The van der Waals surface area contributed by atoms with Gasteiger partial charge >= 0.3 is 5.97 Å². The largest absolute Gasteiger partial charge is 0.481 e. The van der Waals surface area contributed by atoms with Gasteiger partial charge in [0.1, 0.15) is 17.7 Å². The van der Waals surface area contributed by atoms with E-state index in [2.05, 4.69) is 20.8 Å². The van der Waals surface area contributed by atoms with Gasteiger partial charge in [0.15, 0.2) is 0 Å². The Kier molecular flexibility index (Phi) is 6.28. The molecule has 1 heterocycles. The maximum absolute atomic E-state index is 13.2. The second kappa shape index (κ2) is 9.05. The highest BCUT2D eigenvalue weighted by Crippen LogP contribution is 2.18. The van der Waals surface area contributed by atoms with Crippen LogP contribution >= 0.6 is 0 Å². The number of benzene rings is 2. The SMILES string of the molecule is Cc1nnnn1C(Cc1ccc(F)cc1)C(=O)NCC(C(=O)O)c1ccccc1. The predicted molar refractivity (Wildman–Crippen MR) is 102 cm³/mol. The summed E-state index contributed by atoms with van der Waals surface area (Å²) in [6, 6.07) is 13.7. The van der Waals surface area contributed by atoms with Crippen molar-refractivity contribution in [1.82, 2.24) is 25.5 Å². The van der Waals surface area contributed by atoms with Crippen LogP contribution in [0.15, 0.2) is 54.6 Å². The number of amides is 1. The fraction of sp³-hybridized carbons (Fsp3) is 0.250. The van der Waals surface area contributed by atoms with Crippen molar-refractivity contribution in [3.8, 4) is 0 Å². The summed E-state index contributed by atoms with van der Waals surface area (Å²) in [4.78, 5) is 24.6. The molecule has 2 N–H and O–H groups in total. The van der Waals surface area contributed by atoms with Crippen LogP contribution in [-0.4, -0.2) is 43.7 Å². The van der Waals surface area contributed by atoms with Crippen LogP contribution in [0.25, 0.3) is 0 Å². The zero-order chi connectivity index (χ0) is 20.8. The number of nitrogens with zero attached hydrogens (tertiary/aromatic N) is 4. The van der Waals surface area contributed by atoms with Crippen LogP contribution in [0.1, 0.15) is 28.9 Å². The highest BCUT2D eigenvalue weighted by molar-refractivity contribution is 5.82. The number of carboxylic acids is 1. The lowest BCUT2D eigenvalue weighted by atomic mass is 9.99. The van der Waals surface area contributed by atoms with Crippen LogP contribution in [0.5, 0.6) is 0 Å². The molecule has 2 atom stereocenters. The lowest BCUT2D eigenvalue weighted by Crippen LogP contribution is -2.38. The van der Waals surface area contributed by atoms with Crippen molar-refractivity contribution in [2.24, 2.45) is 0 Å². The lowest BCUT2D eigenvalue weighted by molar-refractivity contribution is -0.138. The highest BCUT2D eigenvalue weighted by atomic mass is 19.1. The molecule has 0 saturated carbocycles. The maximum atomic E-state index is 13.2. The number of nitrogens with one attached hydrogen (secondary N) is 1. The molecule has 29 heavy (non-hydrogen) atoms. The monoisotopic (exact) mass is 397 g/mol. The summed E-state index contributed by atoms with van der Waals surface area (Å²) in [5.74, 6) is -2.29. The quantitative estimate of drug-likeness (QED) is 0.601. The van der Waals surface area contributed by atoms with Gasteiger partial charge in [-0.3, -0.25) is 9.59 Å². The second-order valence-electron chi connectivity index (χ2n) is 6.56. The topological polar surface area (TPSA) is 110 Å². The Bertz CT molecular complexity index is 975. The number of carbonyl (C=O) groups is 2. The van der Waals surface area contributed by atoms with E-state index in [1.54, 1.807) is 49.4 Å². The molecular formula is C20H20FN5O3. The molecule has 0 radical (unpaired) electrons. The normalized spacial score (nSPS) is 12.9. The first-order valence-corrected chi connectivity index (χ1v) is 9.00. The summed E-state index contributed by atoms with van der Waals surface area (Å²) in [7, 11) is 0. The van der Waals surface area contributed by atoms with Crippen LogP contribution in [0.3, 0.4) is 0 Å². The fourth-order valence-corrected chi connectivity index (χ4v) is 3.01. The number of carboxylic acid groups (broad SMARTS) is 1. The van der Waals surface area contributed by atoms with Crippen LogP contribution in [0, 0.1) is 12.7 Å². The molecule has 0 aliphatic heterocycles. The van der Waals surface area contributed by atoms with Gasteiger partial charge in [-0.15, -0.1) is 5.10 Å². The highest BCUT2D eigenvalue weighted by Gasteiger charge is 2.27. The van der Waals surface area contributed by atoms with Crippen LogP contribution in [0.4, 0.5) is 4.39 Å². The Morgan fingerprint density at radius 2 is 1.83 bits per heavy atom. The summed E-state index contributed by atoms with van der Waals surface area (Å²) < 4.78 is 14.6. The first-order valence-electron chi connectivity index (χ1n) is 9.00. The van der Waals surface area contributed by atoms with Gasteiger partial charge in [0, 0.05) is 13.0 Å². The molecule has 3 rings (SSSR count). The van der Waals surface area contributed by atoms with Gasteiger partial charge in [-0.05, 0) is 40.6 Å². The van der Waals surface area contributed by atoms with Crippen LogP contribution in [-0.2, 0) is 16.0 Å². The molecule has 0 spiro atoms. The smallest absolute Gasteiger partial charge is 0.312 e. The summed E-state index contributed by atoms with van der Waals surface area (Å²) in [5.41, 5.74) is 1.31. The second-order valence-corrected chi connectivity index (χ2v) is 6.56. The van der Waals surface area contributed by atoms with Gasteiger partial charge in [0.05, 0.1) is 5.92 Å². The standard InChI is InChI=1S/C20H20FN5O3/c1-13-23-24-25-26(13)18(11-14-7-9-16(21)10-8-14)19(27)22-12-17(20(28)29)15-5-3-2-4-6-15/h2-10,17-18H,11-12H2,1H3,(H,22,27)(H,28,29). The molecule has 8 nitrogen and oxygen atoms in total. The van der Waals surface area contributed by atoms with Gasteiger partial charge in [0.2, 0.25) is 5.91 Å². The van der Waals surface area contributed by atoms with Gasteiger partial charge in [0.25, 0.3) is 0 Å². The number of aliphatic carboxylic acids is 1. The third kappa shape index (κ3) is 5.01. The van der Waals surface area contributed by atoms with Gasteiger partial charge < -0.3 is 10.4 Å².